The van der Waals surface area contributed by atoms with E-state index in [0.717, 1.165) is 36.1 Å². The molecule has 1 atom stereocenters. The Hall–Kier alpha value is -1.88. The number of hydrogen-bond donors (Lipinski definition) is 1. The summed E-state index contributed by atoms with van der Waals surface area (Å²) in [7, 11) is 0. The largest absolute Gasteiger partial charge is 0.461 e. The van der Waals surface area contributed by atoms with Gasteiger partial charge in [-0.05, 0) is 36.8 Å². The number of ether oxygens (including phenoxy) is 1. The highest BCUT2D eigenvalue weighted by atomic mass is 32.1. The molecule has 122 valence electrons. The van der Waals surface area contributed by atoms with Crippen LogP contribution >= 0.6 is 11.3 Å². The lowest BCUT2D eigenvalue weighted by molar-refractivity contribution is 0.0518. The van der Waals surface area contributed by atoms with E-state index in [2.05, 4.69) is 18.0 Å². The minimum Gasteiger partial charge on any atom is -0.461 e. The number of nitrogens with one attached hydrogen (secondary N) is 1. The molecule has 0 unspecified atom stereocenters. The molecule has 0 spiro atoms. The van der Waals surface area contributed by atoms with Crippen LogP contribution in [0.25, 0.3) is 0 Å². The smallest absolute Gasteiger partial charge is 0.355 e. The molecule has 5 heteroatoms. The van der Waals surface area contributed by atoms with Gasteiger partial charge in [0.1, 0.15) is 5.69 Å². The van der Waals surface area contributed by atoms with Gasteiger partial charge in [-0.15, -0.1) is 11.3 Å². The number of rotatable bonds is 5. The number of H-pyrrole nitrogens is 1. The van der Waals surface area contributed by atoms with Crippen molar-refractivity contribution in [3.63, 3.8) is 0 Å². The lowest BCUT2D eigenvalue weighted by Crippen LogP contribution is -2.18. The van der Waals surface area contributed by atoms with Gasteiger partial charge in [0, 0.05) is 28.5 Å². The number of aromatic nitrogens is 1. The maximum absolute atomic E-state index is 12.7. The number of Topliss-reactive ketones (excluding diaryl/α,β-unsaturated/α-hetero) is 1. The van der Waals surface area contributed by atoms with Gasteiger partial charge in [-0.3, -0.25) is 4.79 Å². The van der Waals surface area contributed by atoms with Gasteiger partial charge in [0.05, 0.1) is 6.61 Å². The topological polar surface area (TPSA) is 59.2 Å². The molecule has 2 heterocycles. The molecule has 2 aromatic rings. The Morgan fingerprint density at radius 3 is 2.87 bits per heavy atom. The first kappa shape index (κ1) is 16.0. The van der Waals surface area contributed by atoms with Crippen LogP contribution in [0.2, 0.25) is 0 Å². The van der Waals surface area contributed by atoms with Crippen LogP contribution in [0.3, 0.4) is 0 Å². The molecule has 4 nitrogen and oxygen atoms in total. The van der Waals surface area contributed by atoms with E-state index in [-0.39, 0.29) is 17.7 Å². The second-order valence-corrected chi connectivity index (χ2v) is 6.83. The molecule has 0 aliphatic heterocycles. The van der Waals surface area contributed by atoms with Gasteiger partial charge < -0.3 is 9.72 Å². The SMILES string of the molecule is CCCc1c(C(=O)OCC)[nH]c2c1C(=O)C[C@H](c1cccs1)C2. The number of hydrogen-bond acceptors (Lipinski definition) is 4. The van der Waals surface area contributed by atoms with Crippen LogP contribution in [-0.2, 0) is 17.6 Å². The summed E-state index contributed by atoms with van der Waals surface area (Å²) < 4.78 is 5.15. The van der Waals surface area contributed by atoms with E-state index in [1.54, 1.807) is 18.3 Å². The van der Waals surface area contributed by atoms with Gasteiger partial charge >= 0.3 is 5.97 Å². The zero-order valence-electron chi connectivity index (χ0n) is 13.5. The summed E-state index contributed by atoms with van der Waals surface area (Å²) in [5.74, 6) is -0.0103. The summed E-state index contributed by atoms with van der Waals surface area (Å²) in [6.07, 6.45) is 2.90. The molecule has 0 saturated carbocycles. The molecule has 1 N–H and O–H groups in total. The Bertz CT molecular complexity index is 715. The molecule has 0 amide bonds. The Morgan fingerprint density at radius 1 is 1.39 bits per heavy atom. The van der Waals surface area contributed by atoms with E-state index in [1.807, 2.05) is 11.4 Å². The fourth-order valence-electron chi connectivity index (χ4n) is 3.33. The lowest BCUT2D eigenvalue weighted by Gasteiger charge is -2.20. The summed E-state index contributed by atoms with van der Waals surface area (Å²) in [6, 6.07) is 4.09. The van der Waals surface area contributed by atoms with Crippen molar-refractivity contribution in [1.82, 2.24) is 4.98 Å². The Morgan fingerprint density at radius 2 is 2.22 bits per heavy atom. The van der Waals surface area contributed by atoms with Crippen molar-refractivity contribution in [3.05, 3.63) is 44.9 Å². The standard InChI is InChI=1S/C18H21NO3S/c1-3-6-12-16-13(19-17(12)18(21)22-4-2)9-11(10-14(16)20)15-7-5-8-23-15/h5,7-8,11,19H,3-4,6,9-10H2,1-2H3/t11-/m1/s1. The minimum atomic E-state index is -0.356. The van der Waals surface area contributed by atoms with Crippen LogP contribution in [0.1, 0.15) is 69.6 Å². The number of carbonyl (C=O) groups excluding carboxylic acids is 2. The normalized spacial score (nSPS) is 17.1. The first-order valence-corrected chi connectivity index (χ1v) is 9.01. The highest BCUT2D eigenvalue weighted by Gasteiger charge is 2.33. The molecule has 0 bridgehead atoms. The van der Waals surface area contributed by atoms with Crippen molar-refractivity contribution in [2.45, 2.75) is 45.4 Å². The van der Waals surface area contributed by atoms with Crippen LogP contribution in [0, 0.1) is 0 Å². The number of esters is 1. The Labute approximate surface area is 139 Å². The first-order valence-electron chi connectivity index (χ1n) is 8.13. The molecule has 1 aliphatic carbocycles. The summed E-state index contributed by atoms with van der Waals surface area (Å²) in [5.41, 5.74) is 2.95. The fraction of sp³-hybridized carbons (Fsp3) is 0.444. The fourth-order valence-corrected chi connectivity index (χ4v) is 4.16. The monoisotopic (exact) mass is 331 g/mol. The third-order valence-electron chi connectivity index (χ3n) is 4.27. The molecule has 0 saturated heterocycles. The van der Waals surface area contributed by atoms with Crippen molar-refractivity contribution in [1.29, 1.82) is 0 Å². The second-order valence-electron chi connectivity index (χ2n) is 5.85. The highest BCUT2D eigenvalue weighted by molar-refractivity contribution is 7.10. The molecule has 23 heavy (non-hydrogen) atoms. The van der Waals surface area contributed by atoms with Gasteiger partial charge in [0.15, 0.2) is 5.78 Å². The van der Waals surface area contributed by atoms with Crippen LogP contribution in [-0.4, -0.2) is 23.3 Å². The maximum Gasteiger partial charge on any atom is 0.355 e. The average molecular weight is 331 g/mol. The summed E-state index contributed by atoms with van der Waals surface area (Å²) in [5, 5.41) is 2.04. The number of fused-ring (bicyclic) bond motifs is 1. The van der Waals surface area contributed by atoms with E-state index in [9.17, 15) is 9.59 Å². The van der Waals surface area contributed by atoms with Crippen molar-refractivity contribution in [2.75, 3.05) is 6.61 Å². The predicted octanol–water partition coefficient (Wildman–Crippen LogP) is 4.12. The van der Waals surface area contributed by atoms with Crippen molar-refractivity contribution in [3.8, 4) is 0 Å². The van der Waals surface area contributed by atoms with Crippen molar-refractivity contribution < 1.29 is 14.3 Å². The van der Waals surface area contributed by atoms with E-state index in [1.165, 1.54) is 4.88 Å². The van der Waals surface area contributed by atoms with E-state index in [0.29, 0.717) is 18.7 Å². The van der Waals surface area contributed by atoms with Crippen molar-refractivity contribution in [2.24, 2.45) is 0 Å². The van der Waals surface area contributed by atoms with Crippen LogP contribution < -0.4 is 0 Å². The number of aromatic amines is 1. The first-order chi connectivity index (χ1) is 11.2. The number of ketones is 1. The van der Waals surface area contributed by atoms with Gasteiger partial charge in [0.2, 0.25) is 0 Å². The van der Waals surface area contributed by atoms with E-state index in [4.69, 9.17) is 4.74 Å². The lowest BCUT2D eigenvalue weighted by atomic mass is 9.84. The molecule has 0 fully saturated rings. The van der Waals surface area contributed by atoms with Crippen LogP contribution in [0.5, 0.6) is 0 Å². The van der Waals surface area contributed by atoms with Gasteiger partial charge in [-0.2, -0.15) is 0 Å². The summed E-state index contributed by atoms with van der Waals surface area (Å²) >= 11 is 1.68. The molecule has 2 aromatic heterocycles. The van der Waals surface area contributed by atoms with Crippen molar-refractivity contribution >= 4 is 23.1 Å². The van der Waals surface area contributed by atoms with Gasteiger partial charge in [-0.1, -0.05) is 19.4 Å². The highest BCUT2D eigenvalue weighted by Crippen LogP contribution is 2.37. The molecule has 1 aliphatic rings. The third-order valence-corrected chi connectivity index (χ3v) is 5.30. The molecule has 0 aromatic carbocycles. The molecule has 3 rings (SSSR count). The molecule has 0 radical (unpaired) electrons. The second kappa shape index (κ2) is 6.71. The van der Waals surface area contributed by atoms with Gasteiger partial charge in [-0.25, -0.2) is 4.79 Å². The maximum atomic E-state index is 12.7. The molecular weight excluding hydrogens is 310 g/mol. The number of thiophene rings is 1. The summed E-state index contributed by atoms with van der Waals surface area (Å²) in [4.78, 5) is 29.4. The summed E-state index contributed by atoms with van der Waals surface area (Å²) in [6.45, 7) is 4.17. The zero-order chi connectivity index (χ0) is 16.4. The number of carbonyl (C=O) groups is 2. The predicted molar refractivity (Wildman–Crippen MR) is 90.5 cm³/mol. The van der Waals surface area contributed by atoms with E-state index < -0.39 is 0 Å². The zero-order valence-corrected chi connectivity index (χ0v) is 14.3. The quantitative estimate of drug-likeness (QED) is 0.839. The Kier molecular flexibility index (Phi) is 4.66. The molecular formula is C18H21NO3S. The third kappa shape index (κ3) is 2.98. The minimum absolute atomic E-state index is 0.139. The Balaban J connectivity index is 2.00. The average Bonchev–Trinajstić information content (AvgIpc) is 3.16. The van der Waals surface area contributed by atoms with Gasteiger partial charge in [0.25, 0.3) is 0 Å². The van der Waals surface area contributed by atoms with E-state index >= 15 is 0 Å². The van der Waals surface area contributed by atoms with Crippen LogP contribution in [0.15, 0.2) is 17.5 Å². The van der Waals surface area contributed by atoms with Crippen LogP contribution in [0.4, 0.5) is 0 Å².